The number of hydrogen-bond acceptors (Lipinski definition) is 3. The molecule has 0 aliphatic rings. The minimum Gasteiger partial charge on any atom is -0.480 e. The molecular formula is C12H16FNO3. The zero-order chi connectivity index (χ0) is 12.8. The van der Waals surface area contributed by atoms with E-state index in [1.165, 1.54) is 19.2 Å². The van der Waals surface area contributed by atoms with Crippen molar-refractivity contribution in [2.24, 2.45) is 0 Å². The number of hydrogen-bond donors (Lipinski definition) is 2. The van der Waals surface area contributed by atoms with Crippen LogP contribution in [0.2, 0.25) is 0 Å². The number of aliphatic carboxylic acids is 1. The van der Waals surface area contributed by atoms with Gasteiger partial charge in [0.05, 0.1) is 6.61 Å². The van der Waals surface area contributed by atoms with Gasteiger partial charge < -0.3 is 9.84 Å². The van der Waals surface area contributed by atoms with Crippen LogP contribution in [-0.2, 0) is 9.53 Å². The summed E-state index contributed by atoms with van der Waals surface area (Å²) in [6, 6.07) is 4.98. The number of carboxylic acid groups (broad SMARTS) is 1. The van der Waals surface area contributed by atoms with Crippen LogP contribution < -0.4 is 5.32 Å². The molecule has 0 saturated carbocycles. The van der Waals surface area contributed by atoms with Crippen LogP contribution in [0.3, 0.4) is 0 Å². The molecule has 2 atom stereocenters. The predicted molar refractivity (Wildman–Crippen MR) is 61.3 cm³/mol. The van der Waals surface area contributed by atoms with Gasteiger partial charge in [0.15, 0.2) is 0 Å². The molecule has 4 nitrogen and oxygen atoms in total. The van der Waals surface area contributed by atoms with Crippen molar-refractivity contribution in [1.29, 1.82) is 0 Å². The summed E-state index contributed by atoms with van der Waals surface area (Å²) < 4.78 is 17.5. The summed E-state index contributed by atoms with van der Waals surface area (Å²) in [5.41, 5.74) is 0.828. The fraction of sp³-hybridized carbons (Fsp3) is 0.417. The number of benzene rings is 1. The van der Waals surface area contributed by atoms with Gasteiger partial charge in [-0.1, -0.05) is 12.1 Å². The van der Waals surface area contributed by atoms with Crippen LogP contribution in [0.1, 0.15) is 18.5 Å². The number of carbonyl (C=O) groups is 1. The third-order valence-corrected chi connectivity index (χ3v) is 2.45. The molecule has 1 rings (SSSR count). The van der Waals surface area contributed by atoms with E-state index in [1.807, 2.05) is 6.92 Å². The van der Waals surface area contributed by atoms with Crippen molar-refractivity contribution in [2.45, 2.75) is 19.0 Å². The van der Waals surface area contributed by atoms with E-state index in [9.17, 15) is 9.18 Å². The first-order chi connectivity index (χ1) is 8.04. The Hall–Kier alpha value is -1.46. The Morgan fingerprint density at radius 3 is 2.53 bits per heavy atom. The van der Waals surface area contributed by atoms with E-state index in [1.54, 1.807) is 12.1 Å². The Morgan fingerprint density at radius 1 is 1.47 bits per heavy atom. The summed E-state index contributed by atoms with van der Waals surface area (Å²) in [5.74, 6) is -1.28. The summed E-state index contributed by atoms with van der Waals surface area (Å²) in [6.07, 6.45) is 0. The second-order valence-electron chi connectivity index (χ2n) is 3.79. The average Bonchev–Trinajstić information content (AvgIpc) is 2.29. The van der Waals surface area contributed by atoms with E-state index in [0.717, 1.165) is 5.56 Å². The highest BCUT2D eigenvalue weighted by Crippen LogP contribution is 2.13. The summed E-state index contributed by atoms with van der Waals surface area (Å²) in [5, 5.41) is 11.8. The highest BCUT2D eigenvalue weighted by molar-refractivity contribution is 5.73. The molecule has 0 aliphatic carbocycles. The highest BCUT2D eigenvalue weighted by Gasteiger charge is 2.19. The molecule has 1 aromatic carbocycles. The standard InChI is InChI=1S/C12H16FNO3/c1-8(9-3-5-10(13)6-4-9)14-11(7-17-2)12(15)16/h3-6,8,11,14H,7H2,1-2H3,(H,15,16)/t8-,11?/m0/s1. The normalized spacial score (nSPS) is 14.3. The summed E-state index contributed by atoms with van der Waals surface area (Å²) in [6.45, 7) is 1.90. The Labute approximate surface area is 99.4 Å². The second-order valence-corrected chi connectivity index (χ2v) is 3.79. The third-order valence-electron chi connectivity index (χ3n) is 2.45. The molecule has 0 aliphatic heterocycles. The van der Waals surface area contributed by atoms with Crippen molar-refractivity contribution in [1.82, 2.24) is 5.32 Å². The first-order valence-electron chi connectivity index (χ1n) is 5.28. The van der Waals surface area contributed by atoms with Gasteiger partial charge in [0, 0.05) is 13.2 Å². The molecule has 94 valence electrons. The zero-order valence-corrected chi connectivity index (χ0v) is 9.81. The molecule has 0 amide bonds. The monoisotopic (exact) mass is 241 g/mol. The fourth-order valence-corrected chi connectivity index (χ4v) is 1.51. The molecule has 0 fully saturated rings. The largest absolute Gasteiger partial charge is 0.480 e. The van der Waals surface area contributed by atoms with Crippen LogP contribution in [0.25, 0.3) is 0 Å². The molecule has 0 bridgehead atoms. The Balaban J connectivity index is 2.66. The molecule has 0 aromatic heterocycles. The van der Waals surface area contributed by atoms with Crippen LogP contribution >= 0.6 is 0 Å². The van der Waals surface area contributed by atoms with Gasteiger partial charge in [-0.25, -0.2) is 4.39 Å². The lowest BCUT2D eigenvalue weighted by molar-refractivity contribution is -0.141. The summed E-state index contributed by atoms with van der Waals surface area (Å²) in [7, 11) is 1.44. The SMILES string of the molecule is COCC(N[C@@H](C)c1ccc(F)cc1)C(=O)O. The van der Waals surface area contributed by atoms with Crippen LogP contribution in [-0.4, -0.2) is 30.8 Å². The number of halogens is 1. The maximum atomic E-state index is 12.7. The second kappa shape index (κ2) is 6.32. The Bertz CT molecular complexity index is 367. The lowest BCUT2D eigenvalue weighted by Gasteiger charge is -2.19. The fourth-order valence-electron chi connectivity index (χ4n) is 1.51. The van der Waals surface area contributed by atoms with Gasteiger partial charge in [-0.15, -0.1) is 0 Å². The van der Waals surface area contributed by atoms with Crippen molar-refractivity contribution in [3.63, 3.8) is 0 Å². The zero-order valence-electron chi connectivity index (χ0n) is 9.81. The van der Waals surface area contributed by atoms with Crippen molar-refractivity contribution < 1.29 is 19.0 Å². The Kier molecular flexibility index (Phi) is 5.06. The lowest BCUT2D eigenvalue weighted by Crippen LogP contribution is -2.41. The molecule has 1 aromatic rings. The minimum absolute atomic E-state index is 0.0842. The Morgan fingerprint density at radius 2 is 2.06 bits per heavy atom. The third kappa shape index (κ3) is 4.13. The van der Waals surface area contributed by atoms with Gasteiger partial charge in [-0.05, 0) is 24.6 Å². The summed E-state index contributed by atoms with van der Waals surface area (Å²) in [4.78, 5) is 10.9. The van der Waals surface area contributed by atoms with Crippen LogP contribution in [0.4, 0.5) is 4.39 Å². The first kappa shape index (κ1) is 13.6. The molecule has 0 saturated heterocycles. The molecule has 17 heavy (non-hydrogen) atoms. The number of methoxy groups -OCH3 is 1. The van der Waals surface area contributed by atoms with Gasteiger partial charge in [0.25, 0.3) is 0 Å². The summed E-state index contributed by atoms with van der Waals surface area (Å²) >= 11 is 0. The molecule has 5 heteroatoms. The van der Waals surface area contributed by atoms with Crippen molar-refractivity contribution in [3.8, 4) is 0 Å². The van der Waals surface area contributed by atoms with Gasteiger partial charge in [0.1, 0.15) is 11.9 Å². The smallest absolute Gasteiger partial charge is 0.323 e. The lowest BCUT2D eigenvalue weighted by atomic mass is 10.1. The van der Waals surface area contributed by atoms with Crippen molar-refractivity contribution in [3.05, 3.63) is 35.6 Å². The van der Waals surface area contributed by atoms with Crippen molar-refractivity contribution in [2.75, 3.05) is 13.7 Å². The first-order valence-corrected chi connectivity index (χ1v) is 5.28. The molecule has 0 heterocycles. The van der Waals surface area contributed by atoms with E-state index in [0.29, 0.717) is 0 Å². The van der Waals surface area contributed by atoms with E-state index in [-0.39, 0.29) is 18.5 Å². The van der Waals surface area contributed by atoms with Gasteiger partial charge in [-0.2, -0.15) is 0 Å². The molecule has 0 radical (unpaired) electrons. The van der Waals surface area contributed by atoms with Crippen LogP contribution in [0.15, 0.2) is 24.3 Å². The van der Waals surface area contributed by atoms with Crippen LogP contribution in [0, 0.1) is 5.82 Å². The predicted octanol–water partition coefficient (Wildman–Crippen LogP) is 1.58. The topological polar surface area (TPSA) is 58.6 Å². The van der Waals surface area contributed by atoms with Gasteiger partial charge in [0.2, 0.25) is 0 Å². The van der Waals surface area contributed by atoms with Crippen LogP contribution in [0.5, 0.6) is 0 Å². The molecule has 1 unspecified atom stereocenters. The van der Waals surface area contributed by atoms with E-state index < -0.39 is 12.0 Å². The number of ether oxygens (including phenoxy) is 1. The minimum atomic E-state index is -0.971. The molecule has 0 spiro atoms. The van der Waals surface area contributed by atoms with Crippen molar-refractivity contribution >= 4 is 5.97 Å². The van der Waals surface area contributed by atoms with E-state index in [4.69, 9.17) is 9.84 Å². The maximum Gasteiger partial charge on any atom is 0.323 e. The maximum absolute atomic E-state index is 12.7. The molecular weight excluding hydrogens is 225 g/mol. The molecule has 2 N–H and O–H groups in total. The number of nitrogens with one attached hydrogen (secondary N) is 1. The van der Waals surface area contributed by atoms with Gasteiger partial charge in [-0.3, -0.25) is 10.1 Å². The highest BCUT2D eigenvalue weighted by atomic mass is 19.1. The van der Waals surface area contributed by atoms with E-state index in [2.05, 4.69) is 5.32 Å². The number of carboxylic acids is 1. The van der Waals surface area contributed by atoms with E-state index >= 15 is 0 Å². The quantitative estimate of drug-likeness (QED) is 0.793. The average molecular weight is 241 g/mol. The van der Waals surface area contributed by atoms with Gasteiger partial charge >= 0.3 is 5.97 Å². The number of rotatable bonds is 6.